The van der Waals surface area contributed by atoms with Gasteiger partial charge < -0.3 is 16.0 Å². The Labute approximate surface area is 146 Å². The number of nitrogens with zero attached hydrogens (tertiary/aromatic N) is 1. The summed E-state index contributed by atoms with van der Waals surface area (Å²) in [5, 5.41) is 3.02. The van der Waals surface area contributed by atoms with Gasteiger partial charge in [-0.05, 0) is 25.0 Å². The maximum Gasteiger partial charge on any atom is 0.227 e. The first-order valence-electron chi connectivity index (χ1n) is 7.34. The predicted octanol–water partition coefficient (Wildman–Crippen LogP) is 2.85. The van der Waals surface area contributed by atoms with E-state index in [1.54, 1.807) is 0 Å². The molecule has 0 bridgehead atoms. The topological polar surface area (TPSA) is 58.4 Å². The summed E-state index contributed by atoms with van der Waals surface area (Å²) >= 11 is 0. The number of nitrogens with one attached hydrogen (secondary N) is 1. The van der Waals surface area contributed by atoms with E-state index >= 15 is 0 Å². The van der Waals surface area contributed by atoms with Crippen molar-refractivity contribution < 1.29 is 4.79 Å². The Hall–Kier alpha value is -0.970. The number of para-hydroxylation sites is 1. The molecule has 0 aliphatic heterocycles. The molecule has 1 aromatic carbocycles. The van der Waals surface area contributed by atoms with Crippen LogP contribution in [0.4, 0.5) is 5.69 Å². The predicted molar refractivity (Wildman–Crippen MR) is 99.3 cm³/mol. The van der Waals surface area contributed by atoms with E-state index in [1.807, 2.05) is 39.1 Å². The van der Waals surface area contributed by atoms with Crippen molar-refractivity contribution in [1.29, 1.82) is 0 Å². The van der Waals surface area contributed by atoms with Gasteiger partial charge in [-0.1, -0.05) is 32.0 Å². The van der Waals surface area contributed by atoms with Crippen LogP contribution in [-0.4, -0.2) is 32.6 Å². The number of carbonyl (C=O) groups excluding carboxylic acids is 1. The molecule has 1 aromatic rings. The summed E-state index contributed by atoms with van der Waals surface area (Å²) < 4.78 is 0. The summed E-state index contributed by atoms with van der Waals surface area (Å²) in [4.78, 5) is 14.4. The number of nitrogens with two attached hydrogens (primary N) is 1. The molecule has 1 amide bonds. The third kappa shape index (κ3) is 6.03. The molecule has 6 heteroatoms. The molecule has 0 aromatic heterocycles. The minimum atomic E-state index is -0.411. The van der Waals surface area contributed by atoms with Crippen molar-refractivity contribution in [3.05, 3.63) is 30.3 Å². The van der Waals surface area contributed by atoms with E-state index in [9.17, 15) is 4.79 Å². The number of rotatable bonds is 8. The molecule has 128 valence electrons. The Morgan fingerprint density at radius 3 is 2.18 bits per heavy atom. The normalized spacial score (nSPS) is 10.2. The second kappa shape index (κ2) is 11.6. The molecule has 0 radical (unpaired) electrons. The fourth-order valence-electron chi connectivity index (χ4n) is 2.29. The highest BCUT2D eigenvalue weighted by atomic mass is 35.5. The van der Waals surface area contributed by atoms with Gasteiger partial charge >= 0.3 is 0 Å². The molecule has 0 spiro atoms. The van der Waals surface area contributed by atoms with Crippen molar-refractivity contribution in [2.24, 2.45) is 11.1 Å². The van der Waals surface area contributed by atoms with Gasteiger partial charge in [-0.2, -0.15) is 0 Å². The molecule has 0 saturated carbocycles. The second-order valence-corrected chi connectivity index (χ2v) is 5.20. The number of anilines is 1. The van der Waals surface area contributed by atoms with Crippen LogP contribution in [0.5, 0.6) is 0 Å². The van der Waals surface area contributed by atoms with Crippen LogP contribution in [0.25, 0.3) is 0 Å². The first-order chi connectivity index (χ1) is 9.59. The first kappa shape index (κ1) is 23.3. The van der Waals surface area contributed by atoms with Gasteiger partial charge in [0.25, 0.3) is 0 Å². The summed E-state index contributed by atoms with van der Waals surface area (Å²) in [5.41, 5.74) is 6.52. The summed E-state index contributed by atoms with van der Waals surface area (Å²) in [6, 6.07) is 10.1. The molecule has 0 unspecified atom stereocenters. The SMILES string of the molecule is CCC(CC)(CN)C(=O)NCCN(C)c1ccccc1.Cl.Cl. The van der Waals surface area contributed by atoms with Crippen LogP contribution >= 0.6 is 24.8 Å². The van der Waals surface area contributed by atoms with E-state index in [-0.39, 0.29) is 30.7 Å². The van der Waals surface area contributed by atoms with E-state index in [1.165, 1.54) is 0 Å². The van der Waals surface area contributed by atoms with Gasteiger partial charge in [0.05, 0.1) is 5.41 Å². The number of benzene rings is 1. The van der Waals surface area contributed by atoms with E-state index in [4.69, 9.17) is 5.73 Å². The van der Waals surface area contributed by atoms with E-state index in [2.05, 4.69) is 22.3 Å². The number of halogens is 2. The molecule has 0 aliphatic carbocycles. The van der Waals surface area contributed by atoms with Crippen LogP contribution in [0.1, 0.15) is 26.7 Å². The lowest BCUT2D eigenvalue weighted by Gasteiger charge is -2.29. The van der Waals surface area contributed by atoms with Crippen molar-refractivity contribution in [1.82, 2.24) is 5.32 Å². The van der Waals surface area contributed by atoms with Gasteiger partial charge in [0.15, 0.2) is 0 Å². The highest BCUT2D eigenvalue weighted by Crippen LogP contribution is 2.24. The summed E-state index contributed by atoms with van der Waals surface area (Å²) in [6.45, 7) is 5.86. The molecule has 3 N–H and O–H groups in total. The lowest BCUT2D eigenvalue weighted by Crippen LogP contribution is -2.47. The van der Waals surface area contributed by atoms with Crippen LogP contribution in [-0.2, 0) is 4.79 Å². The molecule has 4 nitrogen and oxygen atoms in total. The van der Waals surface area contributed by atoms with E-state index in [0.29, 0.717) is 13.1 Å². The zero-order chi connectivity index (χ0) is 15.0. The lowest BCUT2D eigenvalue weighted by molar-refractivity contribution is -0.130. The monoisotopic (exact) mass is 349 g/mol. The Morgan fingerprint density at radius 2 is 1.73 bits per heavy atom. The highest BCUT2D eigenvalue weighted by Gasteiger charge is 2.32. The van der Waals surface area contributed by atoms with Gasteiger partial charge in [-0.25, -0.2) is 0 Å². The minimum absolute atomic E-state index is 0. The molecule has 0 heterocycles. The fourth-order valence-corrected chi connectivity index (χ4v) is 2.29. The van der Waals surface area contributed by atoms with Crippen LogP contribution in [0, 0.1) is 5.41 Å². The quantitative estimate of drug-likeness (QED) is 0.758. The van der Waals surface area contributed by atoms with Crippen molar-refractivity contribution in [3.63, 3.8) is 0 Å². The third-order valence-electron chi connectivity index (χ3n) is 4.16. The largest absolute Gasteiger partial charge is 0.373 e. The zero-order valence-electron chi connectivity index (χ0n) is 13.7. The maximum absolute atomic E-state index is 12.3. The summed E-state index contributed by atoms with van der Waals surface area (Å²) in [5.74, 6) is 0.0754. The van der Waals surface area contributed by atoms with E-state index < -0.39 is 5.41 Å². The molecular weight excluding hydrogens is 321 g/mol. The van der Waals surface area contributed by atoms with Gasteiger partial charge in [-0.3, -0.25) is 4.79 Å². The van der Waals surface area contributed by atoms with Crippen LogP contribution in [0.15, 0.2) is 30.3 Å². The van der Waals surface area contributed by atoms with Crippen LogP contribution in [0.2, 0.25) is 0 Å². The van der Waals surface area contributed by atoms with Crippen molar-refractivity contribution in [2.75, 3.05) is 31.6 Å². The molecule has 22 heavy (non-hydrogen) atoms. The minimum Gasteiger partial charge on any atom is -0.373 e. The Morgan fingerprint density at radius 1 is 1.18 bits per heavy atom. The molecule has 0 saturated heterocycles. The average molecular weight is 350 g/mol. The van der Waals surface area contributed by atoms with Gasteiger partial charge in [0.1, 0.15) is 0 Å². The highest BCUT2D eigenvalue weighted by molar-refractivity contribution is 5.85. The van der Waals surface area contributed by atoms with Crippen molar-refractivity contribution >= 4 is 36.4 Å². The van der Waals surface area contributed by atoms with E-state index in [0.717, 1.165) is 25.1 Å². The Kier molecular flexibility index (Phi) is 12.3. The summed E-state index contributed by atoms with van der Waals surface area (Å²) in [7, 11) is 2.03. The Bertz CT molecular complexity index is 403. The van der Waals surface area contributed by atoms with Crippen molar-refractivity contribution in [2.45, 2.75) is 26.7 Å². The molecule has 1 rings (SSSR count). The Balaban J connectivity index is 0. The number of carbonyl (C=O) groups is 1. The first-order valence-corrected chi connectivity index (χ1v) is 7.34. The molecular formula is C16H29Cl2N3O. The number of hydrogen-bond donors (Lipinski definition) is 2. The van der Waals surface area contributed by atoms with Crippen LogP contribution < -0.4 is 16.0 Å². The van der Waals surface area contributed by atoms with Crippen LogP contribution in [0.3, 0.4) is 0 Å². The fraction of sp³-hybridized carbons (Fsp3) is 0.562. The molecule has 0 atom stereocenters. The zero-order valence-corrected chi connectivity index (χ0v) is 15.3. The van der Waals surface area contributed by atoms with Crippen molar-refractivity contribution in [3.8, 4) is 0 Å². The lowest BCUT2D eigenvalue weighted by atomic mass is 9.81. The maximum atomic E-state index is 12.3. The van der Waals surface area contributed by atoms with Gasteiger partial charge in [-0.15, -0.1) is 24.8 Å². The molecule has 0 fully saturated rings. The third-order valence-corrected chi connectivity index (χ3v) is 4.16. The number of hydrogen-bond acceptors (Lipinski definition) is 3. The van der Waals surface area contributed by atoms with Gasteiger partial charge in [0, 0.05) is 32.4 Å². The van der Waals surface area contributed by atoms with Gasteiger partial charge in [0.2, 0.25) is 5.91 Å². The smallest absolute Gasteiger partial charge is 0.227 e. The molecule has 0 aliphatic rings. The summed E-state index contributed by atoms with van der Waals surface area (Å²) in [6.07, 6.45) is 1.56. The number of likely N-dealkylation sites (N-methyl/N-ethyl adjacent to an activating group) is 1. The number of amides is 1. The second-order valence-electron chi connectivity index (χ2n) is 5.20. The average Bonchev–Trinajstić information content (AvgIpc) is 2.50. The standard InChI is InChI=1S/C16H27N3O.2ClH/c1-4-16(5-2,13-17)15(20)18-11-12-19(3)14-9-7-6-8-10-14;;/h6-10H,4-5,11-13,17H2,1-3H3,(H,18,20);2*1H.